The number of hydrogen-bond acceptors (Lipinski definition) is 3. The predicted molar refractivity (Wildman–Crippen MR) is 68.9 cm³/mol. The molecule has 4 heteroatoms. The Kier molecular flexibility index (Phi) is 4.59. The van der Waals surface area contributed by atoms with Gasteiger partial charge in [-0.3, -0.25) is 0 Å². The maximum absolute atomic E-state index is 11.3. The van der Waals surface area contributed by atoms with Gasteiger partial charge in [-0.15, -0.1) is 6.42 Å². The second kappa shape index (κ2) is 5.74. The van der Waals surface area contributed by atoms with Crippen molar-refractivity contribution >= 4 is 9.84 Å². The van der Waals surface area contributed by atoms with Crippen molar-refractivity contribution in [2.75, 3.05) is 18.1 Å². The predicted octanol–water partition coefficient (Wildman–Crippen LogP) is 1.73. The van der Waals surface area contributed by atoms with Crippen LogP contribution in [0.15, 0.2) is 18.2 Å². The maximum atomic E-state index is 11.3. The number of sulfone groups is 1. The van der Waals surface area contributed by atoms with Gasteiger partial charge in [0.2, 0.25) is 0 Å². The van der Waals surface area contributed by atoms with Gasteiger partial charge < -0.3 is 4.74 Å². The lowest BCUT2D eigenvalue weighted by molar-refractivity contribution is 0.338. The number of benzene rings is 1. The molecule has 0 fully saturated rings. The summed E-state index contributed by atoms with van der Waals surface area (Å²) in [6.45, 7) is 4.06. The smallest absolute Gasteiger partial charge is 0.164 e. The van der Waals surface area contributed by atoms with Gasteiger partial charge in [-0.25, -0.2) is 8.42 Å². The Morgan fingerprint density at radius 1 is 1.35 bits per heavy atom. The summed E-state index contributed by atoms with van der Waals surface area (Å²) in [6.07, 6.45) is 4.97. The second-order valence-electron chi connectivity index (χ2n) is 3.91. The molecule has 1 aromatic rings. The van der Waals surface area contributed by atoms with Gasteiger partial charge >= 0.3 is 0 Å². The third-order valence-electron chi connectivity index (χ3n) is 2.29. The summed E-state index contributed by atoms with van der Waals surface area (Å²) >= 11 is 0. The fraction of sp³-hybridized carbons (Fsp3) is 0.385. The molecule has 1 rings (SSSR count). The molecule has 0 bridgehead atoms. The highest BCUT2D eigenvalue weighted by atomic mass is 32.2. The van der Waals surface area contributed by atoms with Crippen LogP contribution >= 0.6 is 0 Å². The lowest BCUT2D eigenvalue weighted by Crippen LogP contribution is -2.16. The fourth-order valence-electron chi connectivity index (χ4n) is 1.44. The Balaban J connectivity index is 2.55. The van der Waals surface area contributed by atoms with E-state index in [4.69, 9.17) is 11.2 Å². The lowest BCUT2D eigenvalue weighted by atomic mass is 10.1. The van der Waals surface area contributed by atoms with E-state index in [-0.39, 0.29) is 18.1 Å². The Morgan fingerprint density at radius 2 is 2.06 bits per heavy atom. The first-order valence-electron chi connectivity index (χ1n) is 5.28. The number of aryl methyl sites for hydroxylation is 2. The first-order chi connectivity index (χ1) is 7.94. The van der Waals surface area contributed by atoms with Gasteiger partial charge in [0.25, 0.3) is 0 Å². The van der Waals surface area contributed by atoms with Crippen molar-refractivity contribution < 1.29 is 13.2 Å². The van der Waals surface area contributed by atoms with Gasteiger partial charge in [-0.2, -0.15) is 0 Å². The molecule has 0 spiro atoms. The molecular weight excluding hydrogens is 236 g/mol. The molecule has 0 aliphatic rings. The maximum Gasteiger partial charge on any atom is 0.164 e. The average Bonchev–Trinajstić information content (AvgIpc) is 2.21. The lowest BCUT2D eigenvalue weighted by Gasteiger charge is -2.09. The summed E-state index contributed by atoms with van der Waals surface area (Å²) in [7, 11) is -3.18. The monoisotopic (exact) mass is 252 g/mol. The molecule has 17 heavy (non-hydrogen) atoms. The molecule has 0 aliphatic heterocycles. The number of ether oxygens (including phenoxy) is 1. The van der Waals surface area contributed by atoms with Crippen LogP contribution in [-0.4, -0.2) is 26.5 Å². The summed E-state index contributed by atoms with van der Waals surface area (Å²) < 4.78 is 28.1. The molecular formula is C13H16O3S. The number of hydrogen-bond donors (Lipinski definition) is 0. The summed E-state index contributed by atoms with van der Waals surface area (Å²) in [5, 5.41) is 0. The fourth-order valence-corrected chi connectivity index (χ4v) is 2.17. The van der Waals surface area contributed by atoms with Gasteiger partial charge in [0.05, 0.1) is 5.75 Å². The summed E-state index contributed by atoms with van der Waals surface area (Å²) in [6, 6.07) is 5.77. The van der Waals surface area contributed by atoms with E-state index in [0.717, 1.165) is 11.1 Å². The first kappa shape index (κ1) is 13.6. The van der Waals surface area contributed by atoms with E-state index in [2.05, 4.69) is 5.92 Å². The molecule has 0 heterocycles. The minimum Gasteiger partial charge on any atom is -0.492 e. The highest BCUT2D eigenvalue weighted by molar-refractivity contribution is 7.91. The third-order valence-corrected chi connectivity index (χ3v) is 3.68. The third kappa shape index (κ3) is 4.49. The van der Waals surface area contributed by atoms with E-state index in [9.17, 15) is 8.42 Å². The number of rotatable bonds is 5. The van der Waals surface area contributed by atoms with Crippen molar-refractivity contribution in [3.63, 3.8) is 0 Å². The molecule has 0 amide bonds. The van der Waals surface area contributed by atoms with Gasteiger partial charge in [0.1, 0.15) is 18.1 Å². The van der Waals surface area contributed by atoms with Crippen LogP contribution in [0, 0.1) is 26.2 Å². The van der Waals surface area contributed by atoms with Crippen LogP contribution < -0.4 is 4.74 Å². The second-order valence-corrected chi connectivity index (χ2v) is 6.10. The van der Waals surface area contributed by atoms with Crippen LogP contribution in [0.3, 0.4) is 0 Å². The molecule has 0 saturated heterocycles. The van der Waals surface area contributed by atoms with Crippen molar-refractivity contribution in [1.82, 2.24) is 0 Å². The average molecular weight is 252 g/mol. The van der Waals surface area contributed by atoms with Crippen molar-refractivity contribution in [3.8, 4) is 18.1 Å². The van der Waals surface area contributed by atoms with Crippen LogP contribution in [0.2, 0.25) is 0 Å². The zero-order valence-electron chi connectivity index (χ0n) is 10.1. The van der Waals surface area contributed by atoms with E-state index in [1.807, 2.05) is 32.0 Å². The molecule has 0 aliphatic carbocycles. The molecule has 0 radical (unpaired) electrons. The minimum atomic E-state index is -3.18. The largest absolute Gasteiger partial charge is 0.492 e. The van der Waals surface area contributed by atoms with Gasteiger partial charge in [0, 0.05) is 0 Å². The van der Waals surface area contributed by atoms with Crippen LogP contribution in [0.1, 0.15) is 11.1 Å². The van der Waals surface area contributed by atoms with Gasteiger partial charge in [-0.1, -0.05) is 23.6 Å². The highest BCUT2D eigenvalue weighted by Gasteiger charge is 2.09. The van der Waals surface area contributed by atoms with Crippen LogP contribution in [0.4, 0.5) is 0 Å². The highest BCUT2D eigenvalue weighted by Crippen LogP contribution is 2.18. The normalized spacial score (nSPS) is 10.9. The first-order valence-corrected chi connectivity index (χ1v) is 7.11. The summed E-state index contributed by atoms with van der Waals surface area (Å²) in [5.74, 6) is 2.56. The van der Waals surface area contributed by atoms with Crippen LogP contribution in [0.5, 0.6) is 5.75 Å². The van der Waals surface area contributed by atoms with Crippen molar-refractivity contribution in [1.29, 1.82) is 0 Å². The molecule has 3 nitrogen and oxygen atoms in total. The molecule has 92 valence electrons. The van der Waals surface area contributed by atoms with Crippen molar-refractivity contribution in [2.24, 2.45) is 0 Å². The van der Waals surface area contributed by atoms with E-state index in [1.165, 1.54) is 0 Å². The molecule has 0 unspecified atom stereocenters. The van der Waals surface area contributed by atoms with E-state index in [0.29, 0.717) is 5.75 Å². The molecule has 0 saturated carbocycles. The topological polar surface area (TPSA) is 43.4 Å². The Bertz CT molecular complexity index is 524. The summed E-state index contributed by atoms with van der Waals surface area (Å²) in [5.41, 5.74) is 2.15. The SMILES string of the molecule is C#CCS(=O)(=O)CCOc1ccc(C)cc1C. The van der Waals surface area contributed by atoms with Crippen molar-refractivity contribution in [3.05, 3.63) is 29.3 Å². The number of terminal acetylenes is 1. The van der Waals surface area contributed by atoms with E-state index in [1.54, 1.807) is 0 Å². The zero-order chi connectivity index (χ0) is 12.9. The quantitative estimate of drug-likeness (QED) is 0.750. The molecule has 1 aromatic carbocycles. The Morgan fingerprint density at radius 3 is 2.65 bits per heavy atom. The standard InChI is InChI=1S/C13H16O3S/c1-4-8-17(14,15)9-7-16-13-6-5-11(2)10-12(13)3/h1,5-6,10H,7-9H2,2-3H3. The van der Waals surface area contributed by atoms with Gasteiger partial charge in [-0.05, 0) is 25.5 Å². The Labute approximate surface area is 103 Å². The van der Waals surface area contributed by atoms with Crippen LogP contribution in [-0.2, 0) is 9.84 Å². The summed E-state index contributed by atoms with van der Waals surface area (Å²) in [4.78, 5) is 0. The molecule has 0 N–H and O–H groups in total. The minimum absolute atomic E-state index is 0.0511. The van der Waals surface area contributed by atoms with E-state index >= 15 is 0 Å². The zero-order valence-corrected chi connectivity index (χ0v) is 10.9. The van der Waals surface area contributed by atoms with Crippen molar-refractivity contribution in [2.45, 2.75) is 13.8 Å². The van der Waals surface area contributed by atoms with Crippen LogP contribution in [0.25, 0.3) is 0 Å². The van der Waals surface area contributed by atoms with E-state index < -0.39 is 9.84 Å². The Hall–Kier alpha value is -1.47. The molecule has 0 atom stereocenters. The molecule has 0 aromatic heterocycles. The van der Waals surface area contributed by atoms with Gasteiger partial charge in [0.15, 0.2) is 9.84 Å².